The third kappa shape index (κ3) is 2.74. The van der Waals surface area contributed by atoms with Gasteiger partial charge < -0.3 is 15.0 Å². The molecule has 0 atom stereocenters. The van der Waals surface area contributed by atoms with Crippen LogP contribution in [0.15, 0.2) is 47.2 Å². The van der Waals surface area contributed by atoms with Gasteiger partial charge in [0.2, 0.25) is 5.82 Å². The molecular formula is C16H12ClN7O2. The lowest BCUT2D eigenvalue weighted by molar-refractivity contribution is 0.415. The highest BCUT2D eigenvalue weighted by atomic mass is 35.5. The van der Waals surface area contributed by atoms with Gasteiger partial charge in [-0.2, -0.15) is 9.67 Å². The summed E-state index contributed by atoms with van der Waals surface area (Å²) in [6.45, 7) is 0. The van der Waals surface area contributed by atoms with Crippen molar-refractivity contribution in [3.63, 3.8) is 0 Å². The van der Waals surface area contributed by atoms with Crippen molar-refractivity contribution in [1.82, 2.24) is 30.1 Å². The molecule has 10 heteroatoms. The first kappa shape index (κ1) is 16.0. The monoisotopic (exact) mass is 369 g/mol. The van der Waals surface area contributed by atoms with E-state index >= 15 is 0 Å². The predicted octanol–water partition coefficient (Wildman–Crippen LogP) is 2.62. The summed E-state index contributed by atoms with van der Waals surface area (Å²) in [5.41, 5.74) is 7.84. The van der Waals surface area contributed by atoms with Gasteiger partial charge in [0.15, 0.2) is 11.5 Å². The molecule has 0 unspecified atom stereocenters. The number of halogens is 1. The smallest absolute Gasteiger partial charge is 0.282 e. The Balaban J connectivity index is 1.70. The summed E-state index contributed by atoms with van der Waals surface area (Å²) >= 11 is 6.15. The number of hydrogen-bond donors (Lipinski definition) is 1. The summed E-state index contributed by atoms with van der Waals surface area (Å²) in [6, 6.07) is 8.69. The summed E-state index contributed by atoms with van der Waals surface area (Å²) in [6.07, 6.45) is 3.28. The summed E-state index contributed by atoms with van der Waals surface area (Å²) in [7, 11) is 1.54. The Bertz CT molecular complexity index is 1060. The molecule has 1 aromatic carbocycles. The van der Waals surface area contributed by atoms with Crippen LogP contribution in [0.3, 0.4) is 0 Å². The number of nitrogen functional groups attached to an aromatic ring is 1. The van der Waals surface area contributed by atoms with Crippen LogP contribution < -0.4 is 10.5 Å². The predicted molar refractivity (Wildman–Crippen MR) is 93.9 cm³/mol. The van der Waals surface area contributed by atoms with Crippen LogP contribution in [0.1, 0.15) is 0 Å². The molecule has 0 saturated carbocycles. The fourth-order valence-corrected chi connectivity index (χ4v) is 2.61. The first-order valence-electron chi connectivity index (χ1n) is 7.47. The fourth-order valence-electron chi connectivity index (χ4n) is 2.36. The molecule has 0 amide bonds. The molecule has 4 rings (SSSR count). The largest absolute Gasteiger partial charge is 0.495 e. The van der Waals surface area contributed by atoms with E-state index in [-0.39, 0.29) is 17.4 Å². The standard InChI is InChI=1S/C16H12ClN7O2/c1-25-12-3-2-10(8-11(12)17)24-14(18)13(21-23-24)16-20-15(22-26-16)9-4-6-19-7-5-9/h2-8H,18H2,1H3. The van der Waals surface area contributed by atoms with E-state index in [2.05, 4.69) is 25.4 Å². The van der Waals surface area contributed by atoms with Crippen molar-refractivity contribution in [2.75, 3.05) is 12.8 Å². The van der Waals surface area contributed by atoms with E-state index in [0.29, 0.717) is 22.3 Å². The molecule has 0 bridgehead atoms. The van der Waals surface area contributed by atoms with Gasteiger partial charge >= 0.3 is 0 Å². The fraction of sp³-hybridized carbons (Fsp3) is 0.0625. The second kappa shape index (κ2) is 6.45. The molecule has 0 spiro atoms. The molecule has 0 aliphatic rings. The van der Waals surface area contributed by atoms with Crippen molar-refractivity contribution < 1.29 is 9.26 Å². The van der Waals surface area contributed by atoms with Gasteiger partial charge in [0, 0.05) is 18.0 Å². The molecule has 2 N–H and O–H groups in total. The van der Waals surface area contributed by atoms with E-state index < -0.39 is 0 Å². The van der Waals surface area contributed by atoms with Crippen molar-refractivity contribution in [3.05, 3.63) is 47.7 Å². The zero-order valence-corrected chi connectivity index (χ0v) is 14.3. The molecule has 0 fully saturated rings. The highest BCUT2D eigenvalue weighted by Crippen LogP contribution is 2.30. The van der Waals surface area contributed by atoms with Crippen LogP contribution in [-0.2, 0) is 0 Å². The number of aromatic nitrogens is 6. The molecule has 0 radical (unpaired) electrons. The summed E-state index contributed by atoms with van der Waals surface area (Å²) < 4.78 is 11.8. The minimum Gasteiger partial charge on any atom is -0.495 e. The lowest BCUT2D eigenvalue weighted by Crippen LogP contribution is -2.02. The first-order chi connectivity index (χ1) is 12.7. The maximum Gasteiger partial charge on any atom is 0.282 e. The summed E-state index contributed by atoms with van der Waals surface area (Å²) in [4.78, 5) is 8.27. The third-order valence-corrected chi connectivity index (χ3v) is 3.95. The number of pyridine rings is 1. The van der Waals surface area contributed by atoms with E-state index in [1.54, 1.807) is 49.8 Å². The van der Waals surface area contributed by atoms with Crippen LogP contribution in [0, 0.1) is 0 Å². The maximum atomic E-state index is 6.16. The Morgan fingerprint density at radius 2 is 2.00 bits per heavy atom. The molecule has 4 aromatic rings. The number of anilines is 1. The van der Waals surface area contributed by atoms with Crippen molar-refractivity contribution in [2.45, 2.75) is 0 Å². The molecule has 130 valence electrons. The Morgan fingerprint density at radius 3 is 2.73 bits per heavy atom. The van der Waals surface area contributed by atoms with Crippen LogP contribution in [0.4, 0.5) is 5.82 Å². The maximum absolute atomic E-state index is 6.16. The van der Waals surface area contributed by atoms with Gasteiger partial charge in [-0.05, 0) is 30.3 Å². The lowest BCUT2D eigenvalue weighted by Gasteiger charge is -2.06. The van der Waals surface area contributed by atoms with Crippen LogP contribution >= 0.6 is 11.6 Å². The normalized spacial score (nSPS) is 10.8. The number of benzene rings is 1. The van der Waals surface area contributed by atoms with Crippen molar-refractivity contribution >= 4 is 17.4 Å². The third-order valence-electron chi connectivity index (χ3n) is 3.65. The molecule has 0 aliphatic carbocycles. The molecule has 0 aliphatic heterocycles. The number of methoxy groups -OCH3 is 1. The van der Waals surface area contributed by atoms with Gasteiger partial charge in [-0.15, -0.1) is 5.10 Å². The van der Waals surface area contributed by atoms with Crippen molar-refractivity contribution in [2.24, 2.45) is 0 Å². The van der Waals surface area contributed by atoms with E-state index in [1.165, 1.54) is 4.68 Å². The number of nitrogens with two attached hydrogens (primary N) is 1. The van der Waals surface area contributed by atoms with Gasteiger partial charge in [0.1, 0.15) is 5.75 Å². The van der Waals surface area contributed by atoms with Crippen molar-refractivity contribution in [1.29, 1.82) is 0 Å². The number of ether oxygens (including phenoxy) is 1. The van der Waals surface area contributed by atoms with Gasteiger partial charge in [0.05, 0.1) is 17.8 Å². The average molecular weight is 370 g/mol. The van der Waals surface area contributed by atoms with Crippen LogP contribution in [0.2, 0.25) is 5.02 Å². The number of hydrogen-bond acceptors (Lipinski definition) is 8. The Kier molecular flexibility index (Phi) is 3.98. The quantitative estimate of drug-likeness (QED) is 0.583. The Morgan fingerprint density at radius 1 is 1.19 bits per heavy atom. The van der Waals surface area contributed by atoms with E-state index in [9.17, 15) is 0 Å². The Labute approximate surface area is 152 Å². The molecular weight excluding hydrogens is 358 g/mol. The van der Waals surface area contributed by atoms with E-state index in [4.69, 9.17) is 26.6 Å². The minimum atomic E-state index is 0.167. The zero-order valence-electron chi connectivity index (χ0n) is 13.5. The van der Waals surface area contributed by atoms with Gasteiger partial charge in [-0.1, -0.05) is 22.0 Å². The minimum absolute atomic E-state index is 0.167. The Hall–Kier alpha value is -3.46. The van der Waals surface area contributed by atoms with Gasteiger partial charge in [-0.3, -0.25) is 4.98 Å². The molecule has 9 nitrogen and oxygen atoms in total. The van der Waals surface area contributed by atoms with Crippen LogP contribution in [0.25, 0.3) is 28.7 Å². The van der Waals surface area contributed by atoms with E-state index in [1.807, 2.05) is 0 Å². The average Bonchev–Trinajstić information content (AvgIpc) is 3.29. The summed E-state index contributed by atoms with van der Waals surface area (Å²) in [5.74, 6) is 1.37. The number of rotatable bonds is 4. The van der Waals surface area contributed by atoms with Crippen LogP contribution in [-0.4, -0.2) is 37.2 Å². The SMILES string of the molecule is COc1ccc(-n2nnc(-c3nc(-c4ccncc4)no3)c2N)cc1Cl. The molecule has 3 heterocycles. The molecule has 26 heavy (non-hydrogen) atoms. The zero-order chi connectivity index (χ0) is 18.1. The lowest BCUT2D eigenvalue weighted by atomic mass is 10.2. The van der Waals surface area contributed by atoms with Gasteiger partial charge in [-0.25, -0.2) is 0 Å². The van der Waals surface area contributed by atoms with Crippen molar-refractivity contribution in [3.8, 4) is 34.4 Å². The number of nitrogens with zero attached hydrogens (tertiary/aromatic N) is 6. The van der Waals surface area contributed by atoms with E-state index in [0.717, 1.165) is 5.56 Å². The molecule has 3 aromatic heterocycles. The highest BCUT2D eigenvalue weighted by molar-refractivity contribution is 6.32. The second-order valence-corrected chi connectivity index (χ2v) is 5.62. The van der Waals surface area contributed by atoms with Gasteiger partial charge in [0.25, 0.3) is 5.89 Å². The topological polar surface area (TPSA) is 118 Å². The first-order valence-corrected chi connectivity index (χ1v) is 7.84. The van der Waals surface area contributed by atoms with Crippen LogP contribution in [0.5, 0.6) is 5.75 Å². The second-order valence-electron chi connectivity index (χ2n) is 5.21. The molecule has 0 saturated heterocycles. The summed E-state index contributed by atoms with van der Waals surface area (Å²) in [5, 5.41) is 12.5. The highest BCUT2D eigenvalue weighted by Gasteiger charge is 2.20.